The maximum atomic E-state index is 14.8. The molecule has 2 unspecified atom stereocenters. The van der Waals surface area contributed by atoms with Crippen LogP contribution in [0.2, 0.25) is 0 Å². The lowest BCUT2D eigenvalue weighted by atomic mass is 9.86. The van der Waals surface area contributed by atoms with Crippen LogP contribution in [0.3, 0.4) is 0 Å². The van der Waals surface area contributed by atoms with E-state index in [1.165, 1.54) is 50.1 Å². The molecule has 1 fully saturated rings. The van der Waals surface area contributed by atoms with Crippen LogP contribution in [-0.2, 0) is 44.7 Å². The van der Waals surface area contributed by atoms with Crippen LogP contribution in [-0.4, -0.2) is 118 Å². The molecule has 1 aliphatic rings. The summed E-state index contributed by atoms with van der Waals surface area (Å²) in [5.74, 6) is -6.32. The molecule has 9 atom stereocenters. The van der Waals surface area contributed by atoms with E-state index in [4.69, 9.17) is 4.74 Å². The summed E-state index contributed by atoms with van der Waals surface area (Å²) < 4.78 is 20.3. The summed E-state index contributed by atoms with van der Waals surface area (Å²) in [6.07, 6.45) is 6.09. The maximum absolute atomic E-state index is 14.8. The van der Waals surface area contributed by atoms with Crippen molar-refractivity contribution in [2.24, 2.45) is 29.6 Å². The number of pyridine rings is 1. The molecular formula is C50H80FN7O8. The molecule has 0 aliphatic carbocycles. The average Bonchev–Trinajstić information content (AvgIpc) is 3.26. The lowest BCUT2D eigenvalue weighted by molar-refractivity contribution is -0.163. The number of carbonyl (C=O) groups excluding carboxylic acids is 7. The number of nitriles is 1. The van der Waals surface area contributed by atoms with E-state index in [0.717, 1.165) is 49.6 Å². The summed E-state index contributed by atoms with van der Waals surface area (Å²) in [4.78, 5) is 109. The van der Waals surface area contributed by atoms with E-state index < -0.39 is 83.6 Å². The van der Waals surface area contributed by atoms with Crippen LogP contribution in [0.4, 0.5) is 4.39 Å². The molecule has 1 aromatic heterocycles. The van der Waals surface area contributed by atoms with E-state index in [0.29, 0.717) is 5.56 Å². The molecule has 5 amide bonds. The molecule has 0 bridgehead atoms. The van der Waals surface area contributed by atoms with E-state index in [1.807, 2.05) is 54.5 Å². The number of Topliss-reactive ketones (excluding diaryl/α,β-unsaturated/α-hetero) is 1. The number of likely N-dealkylation sites (N-methyl/N-ethyl adjacent to an activating group) is 3. The van der Waals surface area contributed by atoms with E-state index >= 15 is 0 Å². The van der Waals surface area contributed by atoms with Gasteiger partial charge in [0.05, 0.1) is 18.3 Å². The van der Waals surface area contributed by atoms with Gasteiger partial charge in [0, 0.05) is 58.9 Å². The number of esters is 1. The fourth-order valence-corrected chi connectivity index (χ4v) is 8.60. The Morgan fingerprint density at radius 1 is 0.758 bits per heavy atom. The fraction of sp³-hybridized carbons (Fsp3) is 0.740. The standard InChI is InChI=1S/C50H80FN7O8/c1-13-15-18-33(7)24-39-48(63)56(10)35(9)50(65)66-44(20-17-21-52)46(61)55-40(25-34(8)19-16-14-2)49(64)57(11)41(23-32(5)6)43(59)28-37(22-31(3)4)47(62)58(12)42(45(60)54-39)27-36-26-38(51)30-53-29-36/h26,29-35,37,39-42,44H,13-20,22-25,27-28H2,1-12H3,(H,54,60)(H,55,61)/t33?,34-,35+,37-,39?,40+,41+,42+,44-/m1/s1. The van der Waals surface area contributed by atoms with Gasteiger partial charge in [0.15, 0.2) is 11.9 Å². The largest absolute Gasteiger partial charge is 0.451 e. The van der Waals surface area contributed by atoms with Crippen molar-refractivity contribution in [3.05, 3.63) is 29.8 Å². The molecule has 1 aliphatic heterocycles. The van der Waals surface area contributed by atoms with E-state index in [9.17, 15) is 43.2 Å². The molecular weight excluding hydrogens is 846 g/mol. The second kappa shape index (κ2) is 28.3. The number of carbonyl (C=O) groups is 7. The number of hydrogen-bond acceptors (Lipinski definition) is 10. The Morgan fingerprint density at radius 3 is 1.80 bits per heavy atom. The molecule has 0 saturated carbocycles. The summed E-state index contributed by atoms with van der Waals surface area (Å²) in [7, 11) is 4.35. The molecule has 16 heteroatoms. The maximum Gasteiger partial charge on any atom is 0.329 e. The highest BCUT2D eigenvalue weighted by molar-refractivity contribution is 5.97. The first-order valence-corrected chi connectivity index (χ1v) is 24.2. The number of nitrogens with zero attached hydrogens (tertiary/aromatic N) is 5. The highest BCUT2D eigenvalue weighted by Crippen LogP contribution is 2.26. The molecule has 66 heavy (non-hydrogen) atoms. The molecule has 1 aromatic rings. The van der Waals surface area contributed by atoms with Crippen molar-refractivity contribution in [3.63, 3.8) is 0 Å². The van der Waals surface area contributed by atoms with Gasteiger partial charge in [-0.2, -0.15) is 5.26 Å². The number of halogens is 1. The summed E-state index contributed by atoms with van der Waals surface area (Å²) in [5, 5.41) is 15.2. The summed E-state index contributed by atoms with van der Waals surface area (Å²) in [5.41, 5.74) is 0.314. The lowest BCUT2D eigenvalue weighted by Gasteiger charge is -2.35. The molecule has 2 N–H and O–H groups in total. The number of hydrogen-bond donors (Lipinski definition) is 2. The first kappa shape index (κ1) is 57.2. The number of unbranched alkanes of at least 4 members (excludes halogenated alkanes) is 2. The van der Waals surface area contributed by atoms with E-state index in [-0.39, 0.29) is 80.8 Å². The number of aromatic nitrogens is 1. The zero-order chi connectivity index (χ0) is 49.8. The first-order chi connectivity index (χ1) is 31.1. The van der Waals surface area contributed by atoms with Gasteiger partial charge in [-0.3, -0.25) is 33.8 Å². The summed E-state index contributed by atoms with van der Waals surface area (Å²) >= 11 is 0. The molecule has 15 nitrogen and oxygen atoms in total. The molecule has 2 heterocycles. The zero-order valence-electron chi connectivity index (χ0n) is 41.9. The third-order valence-corrected chi connectivity index (χ3v) is 12.7. The van der Waals surface area contributed by atoms with Gasteiger partial charge in [-0.25, -0.2) is 9.18 Å². The third kappa shape index (κ3) is 18.0. The van der Waals surface area contributed by atoms with Crippen LogP contribution in [0.25, 0.3) is 0 Å². The van der Waals surface area contributed by atoms with Gasteiger partial charge in [0.2, 0.25) is 23.6 Å². The Balaban J connectivity index is 2.92. The van der Waals surface area contributed by atoms with Crippen molar-refractivity contribution >= 4 is 41.3 Å². The predicted molar refractivity (Wildman–Crippen MR) is 250 cm³/mol. The molecule has 0 radical (unpaired) electrons. The minimum atomic E-state index is -1.50. The van der Waals surface area contributed by atoms with Gasteiger partial charge in [-0.15, -0.1) is 0 Å². The number of ketones is 1. The Labute approximate surface area is 393 Å². The monoisotopic (exact) mass is 926 g/mol. The number of ether oxygens (including phenoxy) is 1. The van der Waals surface area contributed by atoms with Gasteiger partial charge >= 0.3 is 5.97 Å². The van der Waals surface area contributed by atoms with Crippen LogP contribution in [0.5, 0.6) is 0 Å². The van der Waals surface area contributed by atoms with Crippen LogP contribution in [0, 0.1) is 46.7 Å². The van der Waals surface area contributed by atoms with E-state index in [2.05, 4.69) is 22.5 Å². The SMILES string of the molecule is CCCCC(C)CC1NC(=O)[C@H](Cc2cncc(F)c2)N(C)C(=O)[C@H](CC(C)C)CC(=O)[C@H](CC(C)C)N(C)C(=O)[C@H](C[C@H](C)CCCC)NC(=O)[C@@H](CCC#N)OC(=O)[C@H](C)N(C)C1=O. The predicted octanol–water partition coefficient (Wildman–Crippen LogP) is 6.56. The highest BCUT2D eigenvalue weighted by Gasteiger charge is 2.41. The average molecular weight is 926 g/mol. The molecule has 0 aromatic carbocycles. The van der Waals surface area contributed by atoms with Crippen molar-refractivity contribution in [1.82, 2.24) is 30.3 Å². The van der Waals surface area contributed by atoms with Gasteiger partial charge in [-0.05, 0) is 67.9 Å². The first-order valence-electron chi connectivity index (χ1n) is 24.2. The van der Waals surface area contributed by atoms with Gasteiger partial charge < -0.3 is 30.1 Å². The molecule has 1 saturated heterocycles. The number of rotatable bonds is 18. The second-order valence-corrected chi connectivity index (χ2v) is 19.6. The van der Waals surface area contributed by atoms with Crippen LogP contribution in [0.1, 0.15) is 151 Å². The smallest absolute Gasteiger partial charge is 0.329 e. The topological polar surface area (TPSA) is 199 Å². The molecule has 2 rings (SSSR count). The van der Waals surface area contributed by atoms with Crippen molar-refractivity contribution in [3.8, 4) is 6.07 Å². The Kier molecular flexibility index (Phi) is 24.5. The van der Waals surface area contributed by atoms with Gasteiger partial charge in [-0.1, -0.05) is 93.9 Å². The minimum absolute atomic E-state index is 0.0326. The lowest BCUT2D eigenvalue weighted by Crippen LogP contribution is -2.57. The Bertz CT molecular complexity index is 1820. The van der Waals surface area contributed by atoms with E-state index in [1.54, 1.807) is 0 Å². The quantitative estimate of drug-likeness (QED) is 0.152. The minimum Gasteiger partial charge on any atom is -0.451 e. The number of cyclic esters (lactones) is 1. The molecule has 0 spiro atoms. The molecule has 370 valence electrons. The summed E-state index contributed by atoms with van der Waals surface area (Å²) in [6, 6.07) is -2.68. The van der Waals surface area contributed by atoms with Crippen molar-refractivity contribution in [2.45, 2.75) is 189 Å². The van der Waals surface area contributed by atoms with Gasteiger partial charge in [0.25, 0.3) is 5.91 Å². The Morgan fingerprint density at radius 2 is 1.29 bits per heavy atom. The van der Waals surface area contributed by atoms with Crippen LogP contribution < -0.4 is 10.6 Å². The highest BCUT2D eigenvalue weighted by atomic mass is 19.1. The normalized spacial score (nSPS) is 24.7. The van der Waals surface area contributed by atoms with Gasteiger partial charge in [0.1, 0.15) is 30.0 Å². The van der Waals surface area contributed by atoms with Crippen LogP contribution >= 0.6 is 0 Å². The van der Waals surface area contributed by atoms with Crippen molar-refractivity contribution in [2.75, 3.05) is 21.1 Å². The zero-order valence-corrected chi connectivity index (χ0v) is 41.9. The number of amides is 5. The van der Waals surface area contributed by atoms with Crippen molar-refractivity contribution < 1.29 is 42.7 Å². The Hall–Kier alpha value is -4.94. The van der Waals surface area contributed by atoms with Crippen LogP contribution in [0.15, 0.2) is 18.5 Å². The number of nitrogens with one attached hydrogen (secondary N) is 2. The second-order valence-electron chi connectivity index (χ2n) is 19.6. The fourth-order valence-electron chi connectivity index (χ4n) is 8.60. The third-order valence-electron chi connectivity index (χ3n) is 12.7. The summed E-state index contributed by atoms with van der Waals surface area (Å²) in [6.45, 7) is 17.1. The van der Waals surface area contributed by atoms with Crippen molar-refractivity contribution in [1.29, 1.82) is 5.26 Å².